The fourth-order valence-corrected chi connectivity index (χ4v) is 9.78. The molecule has 0 saturated heterocycles. The van der Waals surface area contributed by atoms with Crippen molar-refractivity contribution in [3.63, 3.8) is 0 Å². The highest BCUT2D eigenvalue weighted by Crippen LogP contribution is 2.49. The van der Waals surface area contributed by atoms with E-state index in [1.165, 1.54) is 17.5 Å². The summed E-state index contributed by atoms with van der Waals surface area (Å²) in [6.45, 7) is 7.99. The topological polar surface area (TPSA) is 54.0 Å². The average molecular weight is 519 g/mol. The van der Waals surface area contributed by atoms with Crippen LogP contribution in [0, 0.1) is 5.92 Å². The minimum absolute atomic E-state index is 0.0650. The van der Waals surface area contributed by atoms with Crippen LogP contribution in [0.15, 0.2) is 91.0 Å². The molecule has 0 unspecified atom stereocenters. The van der Waals surface area contributed by atoms with Crippen LogP contribution in [0.4, 0.5) is 0 Å². The van der Waals surface area contributed by atoms with Gasteiger partial charge in [0.1, 0.15) is 12.2 Å². The Morgan fingerprint density at radius 2 is 1.43 bits per heavy atom. The third-order valence-electron chi connectivity index (χ3n) is 7.14. The second-order valence-electron chi connectivity index (χ2n) is 10.8. The van der Waals surface area contributed by atoms with Gasteiger partial charge in [-0.1, -0.05) is 112 Å². The first-order valence-electron chi connectivity index (χ1n) is 12.9. The van der Waals surface area contributed by atoms with Crippen LogP contribution in [0.2, 0.25) is 5.04 Å². The highest BCUT2D eigenvalue weighted by Gasteiger charge is 2.61. The maximum Gasteiger partial charge on any atom is 0.332 e. The zero-order valence-corrected chi connectivity index (χ0v) is 23.3. The third-order valence-corrected chi connectivity index (χ3v) is 12.1. The molecule has 37 heavy (non-hydrogen) atoms. The van der Waals surface area contributed by atoms with Crippen molar-refractivity contribution in [3.8, 4) is 0 Å². The molecule has 0 radical (unpaired) electrons. The number of esters is 1. The van der Waals surface area contributed by atoms with Crippen LogP contribution in [0.1, 0.15) is 32.8 Å². The summed E-state index contributed by atoms with van der Waals surface area (Å²) in [5, 5.41) is 2.23. The molecule has 0 heterocycles. The Morgan fingerprint density at radius 1 is 0.892 bits per heavy atom. The van der Waals surface area contributed by atoms with Gasteiger partial charge in [0.15, 0.2) is 0 Å². The molecule has 6 heteroatoms. The summed E-state index contributed by atoms with van der Waals surface area (Å²) in [5.41, 5.74) is 0.396. The summed E-state index contributed by atoms with van der Waals surface area (Å²) >= 11 is 0. The Balaban J connectivity index is 1.59. The van der Waals surface area contributed by atoms with Crippen molar-refractivity contribution in [1.29, 1.82) is 0 Å². The number of hydrogen-bond acceptors (Lipinski definition) is 5. The normalized spacial score (nSPS) is 19.4. The van der Waals surface area contributed by atoms with Crippen LogP contribution in [0.25, 0.3) is 0 Å². The van der Waals surface area contributed by atoms with E-state index >= 15 is 0 Å². The number of rotatable bonds is 12. The first kappa shape index (κ1) is 27.3. The molecule has 0 N–H and O–H groups in total. The molecule has 3 aromatic rings. The van der Waals surface area contributed by atoms with Crippen molar-refractivity contribution in [2.75, 3.05) is 26.9 Å². The van der Waals surface area contributed by atoms with Crippen LogP contribution in [-0.4, -0.2) is 46.8 Å². The molecule has 1 fully saturated rings. The lowest BCUT2D eigenvalue weighted by molar-refractivity contribution is -0.159. The van der Waals surface area contributed by atoms with Crippen molar-refractivity contribution in [3.05, 3.63) is 96.6 Å². The maximum absolute atomic E-state index is 12.6. The molecule has 2 atom stereocenters. The standard InChI is InChI=1S/C31H38O5Si/c1-30(2,3)37(27-16-10-6-11-17-27,28-18-12-7-13-19-28)35-24-31(36-29(32)23-33-4)20-26(31)22-34-21-25-14-8-5-9-15-25/h5-19,26H,20-24H2,1-4H3/t26-,31+/m0/s1. The second-order valence-corrected chi connectivity index (χ2v) is 15.1. The minimum atomic E-state index is -2.77. The second kappa shape index (κ2) is 11.7. The predicted molar refractivity (Wildman–Crippen MR) is 148 cm³/mol. The van der Waals surface area contributed by atoms with Gasteiger partial charge in [0.05, 0.1) is 19.8 Å². The summed E-state index contributed by atoms with van der Waals surface area (Å²) in [6, 6.07) is 31.1. The van der Waals surface area contributed by atoms with Gasteiger partial charge in [-0.15, -0.1) is 0 Å². The SMILES string of the molecule is COCC(=O)O[C@@]1(CO[Si](c2ccccc2)(c2ccccc2)C(C)(C)C)C[C@H]1COCc1ccccc1. The van der Waals surface area contributed by atoms with Gasteiger partial charge in [0.25, 0.3) is 8.32 Å². The van der Waals surface area contributed by atoms with Gasteiger partial charge in [-0.3, -0.25) is 0 Å². The van der Waals surface area contributed by atoms with E-state index in [4.69, 9.17) is 18.6 Å². The van der Waals surface area contributed by atoms with Gasteiger partial charge < -0.3 is 18.6 Å². The van der Waals surface area contributed by atoms with Crippen molar-refractivity contribution in [2.24, 2.45) is 5.92 Å². The zero-order valence-electron chi connectivity index (χ0n) is 22.3. The first-order chi connectivity index (χ1) is 17.8. The molecule has 0 aliphatic heterocycles. The predicted octanol–water partition coefficient (Wildman–Crippen LogP) is 4.73. The van der Waals surface area contributed by atoms with Crippen molar-refractivity contribution >= 4 is 24.7 Å². The van der Waals surface area contributed by atoms with E-state index in [1.54, 1.807) is 0 Å². The molecular weight excluding hydrogens is 480 g/mol. The van der Waals surface area contributed by atoms with Crippen LogP contribution in [0.3, 0.4) is 0 Å². The number of benzene rings is 3. The summed E-state index contributed by atoms with van der Waals surface area (Å²) in [7, 11) is -1.27. The Hall–Kier alpha value is -2.77. The van der Waals surface area contributed by atoms with Gasteiger partial charge >= 0.3 is 5.97 Å². The van der Waals surface area contributed by atoms with Gasteiger partial charge in [-0.25, -0.2) is 4.79 Å². The fourth-order valence-electron chi connectivity index (χ4n) is 5.16. The molecule has 1 aliphatic rings. The minimum Gasteiger partial charge on any atom is -0.455 e. The van der Waals surface area contributed by atoms with Crippen LogP contribution in [-0.2, 0) is 30.0 Å². The Labute approximate surface area is 221 Å². The molecule has 1 aliphatic carbocycles. The number of methoxy groups -OCH3 is 1. The van der Waals surface area contributed by atoms with E-state index < -0.39 is 13.9 Å². The monoisotopic (exact) mass is 518 g/mol. The number of ether oxygens (including phenoxy) is 3. The smallest absolute Gasteiger partial charge is 0.332 e. The zero-order chi connectivity index (χ0) is 26.4. The summed E-state index contributed by atoms with van der Waals surface area (Å²) in [5.74, 6) is -0.311. The number of hydrogen-bond donors (Lipinski definition) is 0. The fraction of sp³-hybridized carbons (Fsp3) is 0.387. The lowest BCUT2D eigenvalue weighted by atomic mass is 10.2. The van der Waals surface area contributed by atoms with E-state index in [1.807, 2.05) is 42.5 Å². The number of carbonyl (C=O) groups excluding carboxylic acids is 1. The molecule has 196 valence electrons. The van der Waals surface area contributed by atoms with Gasteiger partial charge in [0, 0.05) is 13.0 Å². The highest BCUT2D eigenvalue weighted by atomic mass is 28.4. The summed E-state index contributed by atoms with van der Waals surface area (Å²) in [4.78, 5) is 12.6. The van der Waals surface area contributed by atoms with E-state index in [-0.39, 0.29) is 23.5 Å². The van der Waals surface area contributed by atoms with Gasteiger partial charge in [-0.2, -0.15) is 0 Å². The Morgan fingerprint density at radius 3 is 1.95 bits per heavy atom. The van der Waals surface area contributed by atoms with Crippen molar-refractivity contribution in [1.82, 2.24) is 0 Å². The molecule has 0 bridgehead atoms. The maximum atomic E-state index is 12.6. The van der Waals surface area contributed by atoms with E-state index in [9.17, 15) is 4.79 Å². The van der Waals surface area contributed by atoms with Crippen LogP contribution >= 0.6 is 0 Å². The Kier molecular flexibility index (Phi) is 8.65. The molecule has 0 amide bonds. The van der Waals surface area contributed by atoms with E-state index in [2.05, 4.69) is 69.3 Å². The average Bonchev–Trinajstić information content (AvgIpc) is 3.57. The summed E-state index contributed by atoms with van der Waals surface area (Å²) < 4.78 is 24.3. The number of carbonyl (C=O) groups is 1. The lowest BCUT2D eigenvalue weighted by Gasteiger charge is -2.43. The quantitative estimate of drug-likeness (QED) is 0.256. The highest BCUT2D eigenvalue weighted by molar-refractivity contribution is 6.99. The molecule has 0 aromatic heterocycles. The van der Waals surface area contributed by atoms with E-state index in [0.717, 1.165) is 5.56 Å². The largest absolute Gasteiger partial charge is 0.455 e. The van der Waals surface area contributed by atoms with Gasteiger partial charge in [0.2, 0.25) is 0 Å². The lowest BCUT2D eigenvalue weighted by Crippen LogP contribution is -2.67. The van der Waals surface area contributed by atoms with E-state index in [0.29, 0.717) is 26.2 Å². The van der Waals surface area contributed by atoms with Crippen molar-refractivity contribution in [2.45, 2.75) is 44.4 Å². The molecule has 4 rings (SSSR count). The van der Waals surface area contributed by atoms with Crippen LogP contribution in [0.5, 0.6) is 0 Å². The molecule has 0 spiro atoms. The van der Waals surface area contributed by atoms with Crippen LogP contribution < -0.4 is 10.4 Å². The van der Waals surface area contributed by atoms with Gasteiger partial charge in [-0.05, 0) is 27.4 Å². The molecular formula is C31H38O5Si. The summed E-state index contributed by atoms with van der Waals surface area (Å²) in [6.07, 6.45) is 0.704. The molecule has 3 aromatic carbocycles. The molecule has 1 saturated carbocycles. The van der Waals surface area contributed by atoms with Crippen molar-refractivity contribution < 1.29 is 23.4 Å². The molecule has 5 nitrogen and oxygen atoms in total. The Bertz CT molecular complexity index is 1090. The first-order valence-corrected chi connectivity index (χ1v) is 14.8. The third kappa shape index (κ3) is 6.21.